The van der Waals surface area contributed by atoms with Gasteiger partial charge in [0.25, 0.3) is 0 Å². The number of carboxylic acid groups (broad SMARTS) is 1. The number of rotatable bonds is 5. The van der Waals surface area contributed by atoms with Crippen LogP contribution in [-0.4, -0.2) is 63.3 Å². The van der Waals surface area contributed by atoms with Crippen molar-refractivity contribution in [3.8, 4) is 0 Å². The van der Waals surface area contributed by atoms with Gasteiger partial charge in [-0.05, 0) is 46.0 Å². The maximum absolute atomic E-state index is 12.5. The molecule has 1 atom stereocenters. The normalized spacial score (nSPS) is 19.4. The van der Waals surface area contributed by atoms with Crippen LogP contribution in [0.25, 0.3) is 0 Å². The number of hydrogen-bond acceptors (Lipinski definition) is 6. The van der Waals surface area contributed by atoms with Gasteiger partial charge < -0.3 is 21.1 Å². The Morgan fingerprint density at radius 2 is 2.00 bits per heavy atom. The largest absolute Gasteiger partial charge is 1.00 e. The maximum Gasteiger partial charge on any atom is 1.00 e. The number of carboxylic acids is 1. The zero-order valence-electron chi connectivity index (χ0n) is 17.5. The van der Waals surface area contributed by atoms with Gasteiger partial charge in [0.1, 0.15) is 11.4 Å². The molecule has 1 saturated carbocycles. The summed E-state index contributed by atoms with van der Waals surface area (Å²) in [6, 6.07) is 0.300. The van der Waals surface area contributed by atoms with Gasteiger partial charge in [0.2, 0.25) is 0 Å². The van der Waals surface area contributed by atoms with Crippen molar-refractivity contribution < 1.29 is 39.7 Å². The molecule has 2 fully saturated rings. The Hall–Kier alpha value is -1.78. The number of aromatic nitrogens is 2. The van der Waals surface area contributed by atoms with E-state index in [1.165, 1.54) is 12.4 Å². The minimum atomic E-state index is -1.08. The van der Waals surface area contributed by atoms with Gasteiger partial charge >= 0.3 is 30.9 Å². The Morgan fingerprint density at radius 1 is 1.30 bits per heavy atom. The second-order valence-electron chi connectivity index (χ2n) is 8.03. The summed E-state index contributed by atoms with van der Waals surface area (Å²) in [6.07, 6.45) is 5.58. The monoisotopic (exact) mass is 370 g/mol. The Labute approximate surface area is 173 Å². The number of anilines is 1. The second kappa shape index (κ2) is 8.49. The van der Waals surface area contributed by atoms with Crippen LogP contribution in [0.1, 0.15) is 51.9 Å². The molecule has 1 aromatic rings. The zero-order valence-corrected chi connectivity index (χ0v) is 16.5. The molecular formula is C18H27LiN4O4. The molecule has 1 N–H and O–H groups in total. The number of carbonyl (C=O) groups is 2. The van der Waals surface area contributed by atoms with E-state index in [0.29, 0.717) is 24.3 Å². The first-order valence-electron chi connectivity index (χ1n) is 9.03. The number of amides is 1. The Balaban J connectivity index is 0.00000196. The van der Waals surface area contributed by atoms with Crippen LogP contribution in [0.15, 0.2) is 12.4 Å². The van der Waals surface area contributed by atoms with Crippen LogP contribution in [0.5, 0.6) is 0 Å². The van der Waals surface area contributed by atoms with Gasteiger partial charge in [-0.2, -0.15) is 0 Å². The minimum Gasteiger partial charge on any atom is -1.00 e. The van der Waals surface area contributed by atoms with E-state index >= 15 is 0 Å². The topological polar surface area (TPSA) is 95.9 Å². The van der Waals surface area contributed by atoms with Gasteiger partial charge in [-0.25, -0.2) is 19.6 Å². The quantitative estimate of drug-likeness (QED) is 0.699. The van der Waals surface area contributed by atoms with Crippen LogP contribution in [0.4, 0.5) is 10.6 Å². The molecule has 2 aliphatic rings. The molecule has 0 spiro atoms. The standard InChI is InChI=1S/C18H26N4O4.Li.H/c1-18(2,3)26-17(25)22(13-4-5-13)11-12-6-7-21(10-12)15-9-19-14(8-20-15)16(23)24;;/h8-9,12-13H,4-7,10-11H2,1-3H3,(H,23,24);;/q;+1;-1/t12-;;/m0../s1. The first kappa shape index (κ1) is 21.5. The summed E-state index contributed by atoms with van der Waals surface area (Å²) in [5, 5.41) is 8.91. The van der Waals surface area contributed by atoms with Crippen molar-refractivity contribution in [2.75, 3.05) is 24.5 Å². The van der Waals surface area contributed by atoms with Crippen molar-refractivity contribution in [2.45, 2.75) is 51.7 Å². The van der Waals surface area contributed by atoms with Gasteiger partial charge in [-0.3, -0.25) is 0 Å². The fourth-order valence-electron chi connectivity index (χ4n) is 3.14. The Bertz CT molecular complexity index is 679. The molecule has 2 heterocycles. The average Bonchev–Trinajstić information content (AvgIpc) is 3.29. The Morgan fingerprint density at radius 3 is 2.52 bits per heavy atom. The molecule has 144 valence electrons. The molecule has 3 rings (SSSR count). The van der Waals surface area contributed by atoms with E-state index in [-0.39, 0.29) is 32.1 Å². The van der Waals surface area contributed by atoms with Crippen molar-refractivity contribution in [1.29, 1.82) is 0 Å². The molecule has 1 aromatic heterocycles. The Kier molecular flexibility index (Phi) is 6.76. The molecule has 1 aliphatic carbocycles. The summed E-state index contributed by atoms with van der Waals surface area (Å²) < 4.78 is 5.55. The summed E-state index contributed by atoms with van der Waals surface area (Å²) in [5.74, 6) is -0.0717. The molecule has 27 heavy (non-hydrogen) atoms. The second-order valence-corrected chi connectivity index (χ2v) is 8.03. The van der Waals surface area contributed by atoms with E-state index in [4.69, 9.17) is 9.84 Å². The maximum atomic E-state index is 12.5. The molecule has 8 nitrogen and oxygen atoms in total. The van der Waals surface area contributed by atoms with Crippen LogP contribution in [0.2, 0.25) is 0 Å². The van der Waals surface area contributed by atoms with Crippen molar-refractivity contribution in [1.82, 2.24) is 14.9 Å². The number of carbonyl (C=O) groups excluding carboxylic acids is 1. The average molecular weight is 370 g/mol. The predicted molar refractivity (Wildman–Crippen MR) is 96.4 cm³/mol. The predicted octanol–water partition coefficient (Wildman–Crippen LogP) is -0.483. The fraction of sp³-hybridized carbons (Fsp3) is 0.667. The summed E-state index contributed by atoms with van der Waals surface area (Å²) in [7, 11) is 0. The van der Waals surface area contributed by atoms with Crippen molar-refractivity contribution in [2.24, 2.45) is 5.92 Å². The van der Waals surface area contributed by atoms with Gasteiger partial charge in [-0.15, -0.1) is 0 Å². The number of hydrogen-bond donors (Lipinski definition) is 1. The van der Waals surface area contributed by atoms with Crippen molar-refractivity contribution in [3.05, 3.63) is 18.1 Å². The molecule has 1 aliphatic heterocycles. The molecule has 0 unspecified atom stereocenters. The zero-order chi connectivity index (χ0) is 18.9. The molecule has 0 aromatic carbocycles. The first-order chi connectivity index (χ1) is 12.2. The number of ether oxygens (including phenoxy) is 1. The molecule has 0 bridgehead atoms. The van der Waals surface area contributed by atoms with Crippen LogP contribution in [0.3, 0.4) is 0 Å². The third-order valence-electron chi connectivity index (χ3n) is 4.54. The number of nitrogens with zero attached hydrogens (tertiary/aromatic N) is 4. The van der Waals surface area contributed by atoms with Crippen LogP contribution in [-0.2, 0) is 4.74 Å². The van der Waals surface area contributed by atoms with Crippen LogP contribution in [0, 0.1) is 5.92 Å². The molecular weight excluding hydrogens is 343 g/mol. The van der Waals surface area contributed by atoms with Crippen LogP contribution < -0.4 is 23.8 Å². The van der Waals surface area contributed by atoms with E-state index < -0.39 is 11.6 Å². The third kappa shape index (κ3) is 5.85. The summed E-state index contributed by atoms with van der Waals surface area (Å²) in [5.41, 5.74) is -0.553. The van der Waals surface area contributed by atoms with E-state index in [9.17, 15) is 9.59 Å². The molecule has 0 radical (unpaired) electrons. The van der Waals surface area contributed by atoms with E-state index in [2.05, 4.69) is 14.9 Å². The van der Waals surface area contributed by atoms with Gasteiger partial charge in [0.15, 0.2) is 5.69 Å². The fourth-order valence-corrected chi connectivity index (χ4v) is 3.14. The summed E-state index contributed by atoms with van der Waals surface area (Å²) in [6.45, 7) is 7.91. The molecule has 9 heteroatoms. The SMILES string of the molecule is CC(C)(C)OC(=O)N(C[C@H]1CCN(c2cnc(C(=O)O)cn2)C1)C1CC1.[H-].[Li+]. The van der Waals surface area contributed by atoms with Gasteiger partial charge in [0.05, 0.1) is 12.4 Å². The van der Waals surface area contributed by atoms with Crippen molar-refractivity contribution >= 4 is 17.9 Å². The minimum absolute atomic E-state index is 0. The molecule has 1 amide bonds. The van der Waals surface area contributed by atoms with Gasteiger partial charge in [0, 0.05) is 25.7 Å². The number of aromatic carboxylic acids is 1. The third-order valence-corrected chi connectivity index (χ3v) is 4.54. The van der Waals surface area contributed by atoms with E-state index in [1.54, 1.807) is 0 Å². The summed E-state index contributed by atoms with van der Waals surface area (Å²) >= 11 is 0. The van der Waals surface area contributed by atoms with E-state index in [0.717, 1.165) is 32.4 Å². The van der Waals surface area contributed by atoms with Crippen molar-refractivity contribution in [3.63, 3.8) is 0 Å². The van der Waals surface area contributed by atoms with Crippen LogP contribution >= 0.6 is 0 Å². The van der Waals surface area contributed by atoms with E-state index in [1.807, 2.05) is 25.7 Å². The van der Waals surface area contributed by atoms with Gasteiger partial charge in [-0.1, -0.05) is 0 Å². The summed E-state index contributed by atoms with van der Waals surface area (Å²) in [4.78, 5) is 35.5. The first-order valence-corrected chi connectivity index (χ1v) is 9.03. The smallest absolute Gasteiger partial charge is 1.00 e. The molecule has 1 saturated heterocycles.